The Kier molecular flexibility index (Phi) is 4.04. The van der Waals surface area contributed by atoms with E-state index in [0.29, 0.717) is 18.7 Å². The van der Waals surface area contributed by atoms with Gasteiger partial charge in [-0.05, 0) is 24.5 Å². The molecule has 1 N–H and O–H groups in total. The van der Waals surface area contributed by atoms with Gasteiger partial charge in [0.2, 0.25) is 0 Å². The minimum absolute atomic E-state index is 0.225. The largest absolute Gasteiger partial charge is 0.481 e. The summed E-state index contributed by atoms with van der Waals surface area (Å²) in [6, 6.07) is 7.37. The van der Waals surface area contributed by atoms with Crippen molar-refractivity contribution in [3.8, 4) is 5.75 Å². The molecule has 0 spiro atoms. The number of hydrogen-bond acceptors (Lipinski definition) is 3. The lowest BCUT2D eigenvalue weighted by Gasteiger charge is -2.16. The molecule has 1 fully saturated rings. The third kappa shape index (κ3) is 3.05. The number of carboxylic acids is 1. The molecule has 1 saturated heterocycles. The number of benzene rings is 1. The van der Waals surface area contributed by atoms with E-state index in [1.807, 2.05) is 25.1 Å². The van der Waals surface area contributed by atoms with E-state index < -0.39 is 18.0 Å². The van der Waals surface area contributed by atoms with Gasteiger partial charge in [-0.2, -0.15) is 0 Å². The number of ether oxygens (including phenoxy) is 1. The Balaban J connectivity index is 2.00. The molecule has 1 atom stereocenters. The third-order valence-corrected chi connectivity index (χ3v) is 3.35. The quantitative estimate of drug-likeness (QED) is 0.907. The maximum Gasteiger partial charge on any atom is 0.415 e. The molecule has 0 aromatic heterocycles. The normalized spacial score (nSPS) is 18.4. The summed E-state index contributed by atoms with van der Waals surface area (Å²) in [5.41, 5.74) is 0.963. The summed E-state index contributed by atoms with van der Waals surface area (Å²) in [6.45, 7) is 2.65. The van der Waals surface area contributed by atoms with Crippen LogP contribution in [-0.4, -0.2) is 35.2 Å². The van der Waals surface area contributed by atoms with E-state index in [2.05, 4.69) is 0 Å². The highest BCUT2D eigenvalue weighted by Gasteiger charge is 2.32. The van der Waals surface area contributed by atoms with E-state index in [4.69, 9.17) is 9.84 Å². The van der Waals surface area contributed by atoms with Crippen molar-refractivity contribution in [1.29, 1.82) is 0 Å². The Hall–Kier alpha value is -2.04. The lowest BCUT2D eigenvalue weighted by Crippen LogP contribution is -2.32. The van der Waals surface area contributed by atoms with Gasteiger partial charge < -0.3 is 14.7 Å². The van der Waals surface area contributed by atoms with E-state index >= 15 is 0 Å². The molecular weight excluding hydrogens is 246 g/mol. The summed E-state index contributed by atoms with van der Waals surface area (Å²) in [5, 5.41) is 8.91. The van der Waals surface area contributed by atoms with Crippen molar-refractivity contribution in [3.63, 3.8) is 0 Å². The molecule has 0 bridgehead atoms. The zero-order valence-corrected chi connectivity index (χ0v) is 10.8. The van der Waals surface area contributed by atoms with E-state index in [1.165, 1.54) is 4.90 Å². The molecule has 0 aliphatic carbocycles. The number of carboxylic acid groups (broad SMARTS) is 1. The minimum atomic E-state index is -0.857. The maximum atomic E-state index is 12.0. The van der Waals surface area contributed by atoms with Crippen LogP contribution in [0.3, 0.4) is 0 Å². The Morgan fingerprint density at radius 2 is 2.16 bits per heavy atom. The van der Waals surface area contributed by atoms with Crippen molar-refractivity contribution >= 4 is 12.1 Å². The van der Waals surface area contributed by atoms with E-state index in [1.54, 1.807) is 6.07 Å². The predicted molar refractivity (Wildman–Crippen MR) is 69.2 cm³/mol. The summed E-state index contributed by atoms with van der Waals surface area (Å²) in [4.78, 5) is 24.3. The van der Waals surface area contributed by atoms with E-state index in [-0.39, 0.29) is 6.54 Å². The van der Waals surface area contributed by atoms with E-state index in [0.717, 1.165) is 12.0 Å². The zero-order valence-electron chi connectivity index (χ0n) is 10.8. The SMILES string of the molecule is CCc1ccccc1OC(=O)N1CCC(C(=O)O)C1. The van der Waals surface area contributed by atoms with Crippen molar-refractivity contribution in [2.75, 3.05) is 13.1 Å². The van der Waals surface area contributed by atoms with Crippen LogP contribution in [0.1, 0.15) is 18.9 Å². The number of amides is 1. The third-order valence-electron chi connectivity index (χ3n) is 3.35. The Labute approximate surface area is 111 Å². The van der Waals surface area contributed by atoms with Crippen molar-refractivity contribution in [2.45, 2.75) is 19.8 Å². The van der Waals surface area contributed by atoms with Crippen LogP contribution in [0.25, 0.3) is 0 Å². The van der Waals surface area contributed by atoms with Crippen molar-refractivity contribution in [2.24, 2.45) is 5.92 Å². The van der Waals surface area contributed by atoms with Gasteiger partial charge in [-0.3, -0.25) is 4.79 Å². The number of nitrogens with zero attached hydrogens (tertiary/aromatic N) is 1. The summed E-state index contributed by atoms with van der Waals surface area (Å²) in [5.74, 6) is -0.785. The number of carbonyl (C=O) groups is 2. The van der Waals surface area contributed by atoms with Crippen molar-refractivity contribution in [3.05, 3.63) is 29.8 Å². The second-order valence-electron chi connectivity index (χ2n) is 4.60. The molecule has 1 unspecified atom stereocenters. The van der Waals surface area contributed by atoms with Gasteiger partial charge in [-0.1, -0.05) is 25.1 Å². The number of carbonyl (C=O) groups excluding carboxylic acids is 1. The zero-order chi connectivity index (χ0) is 13.8. The van der Waals surface area contributed by atoms with Crippen LogP contribution < -0.4 is 4.74 Å². The number of likely N-dealkylation sites (tertiary alicyclic amines) is 1. The Morgan fingerprint density at radius 1 is 1.42 bits per heavy atom. The molecule has 1 aliphatic rings. The number of aliphatic carboxylic acids is 1. The van der Waals surface area contributed by atoms with Gasteiger partial charge in [0.25, 0.3) is 0 Å². The molecule has 5 nitrogen and oxygen atoms in total. The summed E-state index contributed by atoms with van der Waals surface area (Å²) >= 11 is 0. The van der Waals surface area contributed by atoms with Crippen LogP contribution in [-0.2, 0) is 11.2 Å². The smallest absolute Gasteiger partial charge is 0.415 e. The summed E-state index contributed by atoms with van der Waals surface area (Å²) < 4.78 is 5.34. The fraction of sp³-hybridized carbons (Fsp3) is 0.429. The van der Waals surface area contributed by atoms with Crippen molar-refractivity contribution < 1.29 is 19.4 Å². The molecule has 1 aliphatic heterocycles. The molecule has 1 amide bonds. The first kappa shape index (κ1) is 13.4. The predicted octanol–water partition coefficient (Wildman–Crippen LogP) is 2.15. The Bertz CT molecular complexity index is 486. The second-order valence-corrected chi connectivity index (χ2v) is 4.60. The highest BCUT2D eigenvalue weighted by Crippen LogP contribution is 2.22. The molecule has 2 rings (SSSR count). The fourth-order valence-electron chi connectivity index (χ4n) is 2.18. The van der Waals surface area contributed by atoms with Crippen LogP contribution in [0.5, 0.6) is 5.75 Å². The average Bonchev–Trinajstić information content (AvgIpc) is 2.89. The van der Waals surface area contributed by atoms with Gasteiger partial charge >= 0.3 is 12.1 Å². The first-order chi connectivity index (χ1) is 9.11. The number of rotatable bonds is 3. The average molecular weight is 263 g/mol. The van der Waals surface area contributed by atoms with Crippen LogP contribution >= 0.6 is 0 Å². The minimum Gasteiger partial charge on any atom is -0.481 e. The molecule has 0 saturated carbocycles. The maximum absolute atomic E-state index is 12.0. The molecule has 1 heterocycles. The number of hydrogen-bond donors (Lipinski definition) is 1. The molecule has 19 heavy (non-hydrogen) atoms. The van der Waals surface area contributed by atoms with Gasteiger partial charge in [-0.15, -0.1) is 0 Å². The first-order valence-corrected chi connectivity index (χ1v) is 6.39. The second kappa shape index (κ2) is 5.73. The molecular formula is C14H17NO4. The van der Waals surface area contributed by atoms with Crippen molar-refractivity contribution in [1.82, 2.24) is 4.90 Å². The lowest BCUT2D eigenvalue weighted by atomic mass is 10.1. The molecule has 1 aromatic rings. The molecule has 1 aromatic carbocycles. The number of para-hydroxylation sites is 1. The van der Waals surface area contributed by atoms with Gasteiger partial charge in [0.15, 0.2) is 0 Å². The summed E-state index contributed by atoms with van der Waals surface area (Å²) in [6.07, 6.45) is 0.797. The topological polar surface area (TPSA) is 66.8 Å². The Morgan fingerprint density at radius 3 is 2.79 bits per heavy atom. The highest BCUT2D eigenvalue weighted by molar-refractivity contribution is 5.75. The van der Waals surface area contributed by atoms with Gasteiger partial charge in [0.1, 0.15) is 5.75 Å². The van der Waals surface area contributed by atoms with E-state index in [9.17, 15) is 9.59 Å². The monoisotopic (exact) mass is 263 g/mol. The van der Waals surface area contributed by atoms with Crippen LogP contribution in [0.15, 0.2) is 24.3 Å². The van der Waals surface area contributed by atoms with Gasteiger partial charge in [0.05, 0.1) is 5.92 Å². The standard InChI is InChI=1S/C14H17NO4/c1-2-10-5-3-4-6-12(10)19-14(18)15-8-7-11(9-15)13(16)17/h3-6,11H,2,7-9H2,1H3,(H,16,17). The summed E-state index contributed by atoms with van der Waals surface area (Å²) in [7, 11) is 0. The first-order valence-electron chi connectivity index (χ1n) is 6.39. The number of aryl methyl sites for hydroxylation is 1. The fourth-order valence-corrected chi connectivity index (χ4v) is 2.18. The molecule has 102 valence electrons. The molecule has 5 heteroatoms. The molecule has 0 radical (unpaired) electrons. The van der Waals surface area contributed by atoms with Crippen LogP contribution in [0, 0.1) is 5.92 Å². The lowest BCUT2D eigenvalue weighted by molar-refractivity contribution is -0.141. The van der Waals surface area contributed by atoms with Crippen LogP contribution in [0.2, 0.25) is 0 Å². The highest BCUT2D eigenvalue weighted by atomic mass is 16.6. The van der Waals surface area contributed by atoms with Gasteiger partial charge in [-0.25, -0.2) is 4.79 Å². The van der Waals surface area contributed by atoms with Gasteiger partial charge in [0, 0.05) is 13.1 Å². The van der Waals surface area contributed by atoms with Crippen LogP contribution in [0.4, 0.5) is 4.79 Å².